The zero-order valence-electron chi connectivity index (χ0n) is 17.7. The minimum atomic E-state index is -0.441. The number of hydrogen-bond acceptors (Lipinski definition) is 4. The average Bonchev–Trinajstić information content (AvgIpc) is 3.28. The summed E-state index contributed by atoms with van der Waals surface area (Å²) in [5.41, 5.74) is 1.45. The van der Waals surface area contributed by atoms with Crippen molar-refractivity contribution in [1.82, 2.24) is 14.9 Å². The number of nitrogens with zero attached hydrogens (tertiary/aromatic N) is 2. The van der Waals surface area contributed by atoms with Gasteiger partial charge in [-0.1, -0.05) is 48.9 Å². The van der Waals surface area contributed by atoms with E-state index in [1.807, 2.05) is 38.1 Å². The number of carbonyl (C=O) groups excluding carboxylic acids is 1. The number of rotatable bonds is 6. The minimum absolute atomic E-state index is 0.0349. The molecule has 0 spiro atoms. The highest BCUT2D eigenvalue weighted by molar-refractivity contribution is 8.00. The molecule has 0 unspecified atom stereocenters. The molecule has 0 aliphatic heterocycles. The Bertz CT molecular complexity index is 1140. The van der Waals surface area contributed by atoms with E-state index in [0.29, 0.717) is 16.1 Å². The lowest BCUT2D eigenvalue weighted by atomic mass is 10.1. The van der Waals surface area contributed by atoms with Crippen molar-refractivity contribution in [2.24, 2.45) is 0 Å². The van der Waals surface area contributed by atoms with Crippen molar-refractivity contribution in [1.29, 1.82) is 0 Å². The highest BCUT2D eigenvalue weighted by Crippen LogP contribution is 2.33. The van der Waals surface area contributed by atoms with Gasteiger partial charge in [-0.15, -0.1) is 0 Å². The van der Waals surface area contributed by atoms with Crippen molar-refractivity contribution in [2.45, 2.75) is 62.0 Å². The first-order valence-corrected chi connectivity index (χ1v) is 11.6. The van der Waals surface area contributed by atoms with Crippen molar-refractivity contribution >= 4 is 28.6 Å². The number of amides is 1. The van der Waals surface area contributed by atoms with Gasteiger partial charge in [-0.3, -0.25) is 14.2 Å². The van der Waals surface area contributed by atoms with Gasteiger partial charge in [-0.2, -0.15) is 0 Å². The summed E-state index contributed by atoms with van der Waals surface area (Å²) in [6.45, 7) is 3.68. The fourth-order valence-electron chi connectivity index (χ4n) is 4.07. The Morgan fingerprint density at radius 1 is 1.13 bits per heavy atom. The Morgan fingerprint density at radius 3 is 2.52 bits per heavy atom. The van der Waals surface area contributed by atoms with Gasteiger partial charge >= 0.3 is 0 Å². The molecule has 162 valence electrons. The van der Waals surface area contributed by atoms with Gasteiger partial charge in [-0.25, -0.2) is 9.37 Å². The smallest absolute Gasteiger partial charge is 0.262 e. The summed E-state index contributed by atoms with van der Waals surface area (Å²) in [6, 6.07) is 13.3. The molecule has 1 heterocycles. The molecule has 3 aromatic rings. The van der Waals surface area contributed by atoms with E-state index in [9.17, 15) is 14.0 Å². The first-order valence-electron chi connectivity index (χ1n) is 10.7. The molecule has 1 aromatic heterocycles. The van der Waals surface area contributed by atoms with Gasteiger partial charge < -0.3 is 5.32 Å². The van der Waals surface area contributed by atoms with E-state index in [-0.39, 0.29) is 29.4 Å². The molecule has 1 aliphatic carbocycles. The second-order valence-corrected chi connectivity index (χ2v) is 9.37. The zero-order chi connectivity index (χ0) is 22.0. The standard InChI is InChI=1S/C24H26FN3O2S/c1-15(17-11-13-18(25)14-12-17)26-22(29)16(2)31-24-27-21-10-6-5-9-20(21)23(30)28(24)19-7-3-4-8-19/h5-6,9-16,19H,3-4,7-8H2,1-2H3,(H,26,29)/t15-,16+/m0/s1. The van der Waals surface area contributed by atoms with Crippen molar-refractivity contribution in [3.8, 4) is 0 Å². The molecule has 1 N–H and O–H groups in total. The number of hydrogen-bond donors (Lipinski definition) is 1. The van der Waals surface area contributed by atoms with Gasteiger partial charge in [0.15, 0.2) is 5.16 Å². The van der Waals surface area contributed by atoms with E-state index in [4.69, 9.17) is 4.98 Å². The Labute approximate surface area is 185 Å². The van der Waals surface area contributed by atoms with Crippen molar-refractivity contribution in [2.75, 3.05) is 0 Å². The fourth-order valence-corrected chi connectivity index (χ4v) is 5.06. The van der Waals surface area contributed by atoms with Crippen LogP contribution in [0.2, 0.25) is 0 Å². The highest BCUT2D eigenvalue weighted by Gasteiger charge is 2.26. The summed E-state index contributed by atoms with van der Waals surface area (Å²) in [7, 11) is 0. The van der Waals surface area contributed by atoms with E-state index >= 15 is 0 Å². The molecule has 5 nitrogen and oxygen atoms in total. The van der Waals surface area contributed by atoms with Crippen LogP contribution in [0.1, 0.15) is 57.2 Å². The molecule has 4 rings (SSSR count). The maximum absolute atomic E-state index is 13.3. The second kappa shape index (κ2) is 9.22. The monoisotopic (exact) mass is 439 g/mol. The van der Waals surface area contributed by atoms with E-state index in [1.165, 1.54) is 23.9 Å². The zero-order valence-corrected chi connectivity index (χ0v) is 18.5. The van der Waals surface area contributed by atoms with Crippen LogP contribution in [0.15, 0.2) is 58.5 Å². The van der Waals surface area contributed by atoms with Crippen LogP contribution in [-0.4, -0.2) is 20.7 Å². The summed E-state index contributed by atoms with van der Waals surface area (Å²) in [5.74, 6) is -0.458. The summed E-state index contributed by atoms with van der Waals surface area (Å²) in [4.78, 5) is 30.9. The third-order valence-electron chi connectivity index (χ3n) is 5.85. The number of nitrogens with one attached hydrogen (secondary N) is 1. The van der Waals surface area contributed by atoms with Gasteiger partial charge in [0.2, 0.25) is 5.91 Å². The van der Waals surface area contributed by atoms with Crippen LogP contribution in [0, 0.1) is 5.82 Å². The number of carbonyl (C=O) groups is 1. The predicted molar refractivity (Wildman–Crippen MR) is 122 cm³/mol. The van der Waals surface area contributed by atoms with E-state index in [0.717, 1.165) is 31.2 Å². The molecule has 1 saturated carbocycles. The molecule has 2 atom stereocenters. The predicted octanol–water partition coefficient (Wildman–Crippen LogP) is 5.01. The highest BCUT2D eigenvalue weighted by atomic mass is 32.2. The largest absolute Gasteiger partial charge is 0.349 e. The first-order chi connectivity index (χ1) is 14.9. The van der Waals surface area contributed by atoms with Crippen LogP contribution >= 0.6 is 11.8 Å². The van der Waals surface area contributed by atoms with E-state index < -0.39 is 5.25 Å². The first kappa shape index (κ1) is 21.6. The molecule has 2 aromatic carbocycles. The summed E-state index contributed by atoms with van der Waals surface area (Å²) < 4.78 is 15.0. The van der Waals surface area contributed by atoms with Gasteiger partial charge in [0.25, 0.3) is 5.56 Å². The van der Waals surface area contributed by atoms with Crippen LogP contribution in [-0.2, 0) is 4.79 Å². The Hall–Kier alpha value is -2.67. The Balaban J connectivity index is 1.58. The number of para-hydroxylation sites is 1. The number of fused-ring (bicyclic) bond motifs is 1. The minimum Gasteiger partial charge on any atom is -0.349 e. The normalized spacial score (nSPS) is 16.4. The Morgan fingerprint density at radius 2 is 1.81 bits per heavy atom. The summed E-state index contributed by atoms with van der Waals surface area (Å²) in [5, 5.41) is 3.74. The second-order valence-electron chi connectivity index (χ2n) is 8.07. The van der Waals surface area contributed by atoms with Gasteiger partial charge in [0.1, 0.15) is 5.82 Å². The summed E-state index contributed by atoms with van der Waals surface area (Å²) in [6.07, 6.45) is 4.10. The maximum Gasteiger partial charge on any atom is 0.262 e. The summed E-state index contributed by atoms with van der Waals surface area (Å²) >= 11 is 1.31. The Kier molecular flexibility index (Phi) is 6.41. The van der Waals surface area contributed by atoms with E-state index in [2.05, 4.69) is 5.32 Å². The molecule has 31 heavy (non-hydrogen) atoms. The lowest BCUT2D eigenvalue weighted by Gasteiger charge is -2.21. The third kappa shape index (κ3) is 4.66. The number of thioether (sulfide) groups is 1. The molecule has 1 fully saturated rings. The molecular weight excluding hydrogens is 413 g/mol. The van der Waals surface area contributed by atoms with Crippen LogP contribution < -0.4 is 10.9 Å². The van der Waals surface area contributed by atoms with Crippen LogP contribution in [0.3, 0.4) is 0 Å². The lowest BCUT2D eigenvalue weighted by molar-refractivity contribution is -0.120. The molecule has 0 bridgehead atoms. The SMILES string of the molecule is C[C@H](NC(=O)[C@@H](C)Sc1nc2ccccc2c(=O)n1C1CCCC1)c1ccc(F)cc1. The van der Waals surface area contributed by atoms with Crippen molar-refractivity contribution in [3.05, 3.63) is 70.3 Å². The lowest BCUT2D eigenvalue weighted by Crippen LogP contribution is -2.34. The molecule has 7 heteroatoms. The van der Waals surface area contributed by atoms with Crippen LogP contribution in [0.4, 0.5) is 4.39 Å². The third-order valence-corrected chi connectivity index (χ3v) is 6.91. The molecule has 1 amide bonds. The van der Waals surface area contributed by atoms with Crippen molar-refractivity contribution in [3.63, 3.8) is 0 Å². The molecule has 0 radical (unpaired) electrons. The van der Waals surface area contributed by atoms with Gasteiger partial charge in [-0.05, 0) is 56.5 Å². The molecule has 0 saturated heterocycles. The number of benzene rings is 2. The maximum atomic E-state index is 13.3. The molecule has 1 aliphatic rings. The topological polar surface area (TPSA) is 64.0 Å². The molecular formula is C24H26FN3O2S. The van der Waals surface area contributed by atoms with Crippen molar-refractivity contribution < 1.29 is 9.18 Å². The fraction of sp³-hybridized carbons (Fsp3) is 0.375. The quantitative estimate of drug-likeness (QED) is 0.433. The van der Waals surface area contributed by atoms with E-state index in [1.54, 1.807) is 16.7 Å². The van der Waals surface area contributed by atoms with Crippen LogP contribution in [0.25, 0.3) is 10.9 Å². The average molecular weight is 440 g/mol. The van der Waals surface area contributed by atoms with Gasteiger partial charge in [0, 0.05) is 6.04 Å². The van der Waals surface area contributed by atoms with Gasteiger partial charge in [0.05, 0.1) is 22.2 Å². The number of aromatic nitrogens is 2. The number of halogens is 1. The van der Waals surface area contributed by atoms with Crippen LogP contribution in [0.5, 0.6) is 0 Å².